The monoisotopic (exact) mass is 438 g/mol. The molecule has 2 aliphatic rings. The van der Waals surface area contributed by atoms with Crippen molar-refractivity contribution in [3.05, 3.63) is 36.5 Å². The second-order valence-corrected chi connectivity index (χ2v) is 10.5. The predicted molar refractivity (Wildman–Crippen MR) is 129 cm³/mol. The maximum Gasteiger partial charge on any atom is 0.225 e. The van der Waals surface area contributed by atoms with Gasteiger partial charge < -0.3 is 9.80 Å². The van der Waals surface area contributed by atoms with Crippen LogP contribution < -0.4 is 9.80 Å². The van der Waals surface area contributed by atoms with E-state index in [1.54, 1.807) is 12.4 Å². The summed E-state index contributed by atoms with van der Waals surface area (Å²) < 4.78 is 0. The maximum atomic E-state index is 4.97. The fourth-order valence-electron chi connectivity index (χ4n) is 4.76. The minimum Gasteiger partial charge on any atom is -0.353 e. The number of hydrogen-bond acceptors (Lipinski definition) is 8. The first kappa shape index (κ1) is 22.9. The Labute approximate surface area is 192 Å². The van der Waals surface area contributed by atoms with Gasteiger partial charge in [-0.2, -0.15) is 0 Å². The number of nitrogens with zero attached hydrogens (tertiary/aromatic N) is 8. The van der Waals surface area contributed by atoms with E-state index in [4.69, 9.17) is 4.98 Å². The lowest BCUT2D eigenvalue weighted by Gasteiger charge is -2.44. The van der Waals surface area contributed by atoms with E-state index >= 15 is 0 Å². The average molecular weight is 439 g/mol. The molecule has 2 aliphatic heterocycles. The number of anilines is 2. The summed E-state index contributed by atoms with van der Waals surface area (Å²) in [5, 5.41) is 0. The van der Waals surface area contributed by atoms with Crippen LogP contribution in [0.5, 0.6) is 0 Å². The van der Waals surface area contributed by atoms with E-state index < -0.39 is 0 Å². The van der Waals surface area contributed by atoms with E-state index in [9.17, 15) is 0 Å². The lowest BCUT2D eigenvalue weighted by atomic mass is 9.95. The molecule has 2 aromatic heterocycles. The largest absolute Gasteiger partial charge is 0.353 e. The van der Waals surface area contributed by atoms with Gasteiger partial charge in [0.2, 0.25) is 5.95 Å². The maximum absolute atomic E-state index is 4.97. The topological polar surface area (TPSA) is 64.5 Å². The van der Waals surface area contributed by atoms with E-state index in [-0.39, 0.29) is 11.1 Å². The second-order valence-electron chi connectivity index (χ2n) is 10.5. The van der Waals surface area contributed by atoms with E-state index in [0.717, 1.165) is 76.2 Å². The molecule has 4 heterocycles. The first-order valence-electron chi connectivity index (χ1n) is 11.8. The van der Waals surface area contributed by atoms with Gasteiger partial charge in [0.05, 0.1) is 6.20 Å². The highest BCUT2D eigenvalue weighted by molar-refractivity contribution is 5.36. The van der Waals surface area contributed by atoms with Crippen LogP contribution in [0.4, 0.5) is 11.8 Å². The van der Waals surface area contributed by atoms with Crippen LogP contribution in [-0.2, 0) is 6.42 Å². The lowest BCUT2D eigenvalue weighted by molar-refractivity contribution is 0.111. The Morgan fingerprint density at radius 3 is 2.03 bits per heavy atom. The molecule has 2 aromatic rings. The van der Waals surface area contributed by atoms with Gasteiger partial charge >= 0.3 is 0 Å². The summed E-state index contributed by atoms with van der Waals surface area (Å²) in [5.74, 6) is 1.84. The van der Waals surface area contributed by atoms with Gasteiger partial charge in [-0.1, -0.05) is 0 Å². The van der Waals surface area contributed by atoms with E-state index in [1.165, 1.54) is 0 Å². The Morgan fingerprint density at radius 2 is 1.41 bits per heavy atom. The second kappa shape index (κ2) is 9.27. The van der Waals surface area contributed by atoms with Crippen LogP contribution in [-0.4, -0.2) is 93.2 Å². The minimum atomic E-state index is 0.0327. The number of aromatic nitrogens is 4. The summed E-state index contributed by atoms with van der Waals surface area (Å²) >= 11 is 0. The molecule has 0 N–H and O–H groups in total. The quantitative estimate of drug-likeness (QED) is 0.705. The number of piperazine rings is 2. The smallest absolute Gasteiger partial charge is 0.225 e. The van der Waals surface area contributed by atoms with E-state index in [2.05, 4.69) is 75.2 Å². The van der Waals surface area contributed by atoms with Crippen LogP contribution >= 0.6 is 0 Å². The summed E-state index contributed by atoms with van der Waals surface area (Å²) in [6.07, 6.45) is 8.18. The molecule has 0 amide bonds. The first-order chi connectivity index (χ1) is 15.2. The molecule has 174 valence electrons. The molecule has 0 bridgehead atoms. The molecule has 4 rings (SSSR count). The highest BCUT2D eigenvalue weighted by atomic mass is 15.3. The average Bonchev–Trinajstić information content (AvgIpc) is 2.79. The van der Waals surface area contributed by atoms with Crippen molar-refractivity contribution in [1.82, 2.24) is 29.7 Å². The van der Waals surface area contributed by atoms with Gasteiger partial charge in [-0.15, -0.1) is 0 Å². The Balaban J connectivity index is 1.35. The van der Waals surface area contributed by atoms with Crippen molar-refractivity contribution in [1.29, 1.82) is 0 Å². The molecule has 8 nitrogen and oxygen atoms in total. The molecule has 0 spiro atoms. The zero-order valence-corrected chi connectivity index (χ0v) is 20.3. The van der Waals surface area contributed by atoms with Gasteiger partial charge in [0.25, 0.3) is 0 Å². The molecule has 0 radical (unpaired) electrons. The van der Waals surface area contributed by atoms with Gasteiger partial charge in [-0.3, -0.25) is 14.8 Å². The first-order valence-corrected chi connectivity index (χ1v) is 11.8. The Kier molecular flexibility index (Phi) is 6.62. The molecule has 0 aliphatic carbocycles. The molecule has 0 atom stereocenters. The van der Waals surface area contributed by atoms with Crippen molar-refractivity contribution >= 4 is 11.8 Å². The van der Waals surface area contributed by atoms with Crippen LogP contribution in [0.25, 0.3) is 0 Å². The molecule has 8 heteroatoms. The third-order valence-electron chi connectivity index (χ3n) is 6.83. The fourth-order valence-corrected chi connectivity index (χ4v) is 4.76. The zero-order chi connectivity index (χ0) is 22.8. The highest BCUT2D eigenvalue weighted by Gasteiger charge is 2.32. The van der Waals surface area contributed by atoms with E-state index in [1.807, 2.05) is 12.4 Å². The normalized spacial score (nSPS) is 19.4. The van der Waals surface area contributed by atoms with Gasteiger partial charge in [-0.25, -0.2) is 15.0 Å². The number of rotatable bonds is 5. The van der Waals surface area contributed by atoms with Crippen molar-refractivity contribution in [2.24, 2.45) is 0 Å². The minimum absolute atomic E-state index is 0.0327. The summed E-state index contributed by atoms with van der Waals surface area (Å²) in [5.41, 5.74) is 1.37. The van der Waals surface area contributed by atoms with Crippen LogP contribution in [0.1, 0.15) is 40.3 Å². The zero-order valence-electron chi connectivity index (χ0n) is 20.3. The standard InChI is InChI=1S/C24H38N8/c1-23(2,3)31-14-12-30(13-15-31)22-27-7-6-20(28-22)18-24(4,5)32-16-10-29(11-17-32)21-19-25-8-9-26-21/h6-9,19H,10-18H2,1-5H3. The molecule has 0 aromatic carbocycles. The van der Waals surface area contributed by atoms with Gasteiger partial charge in [0, 0.05) is 94.1 Å². The van der Waals surface area contributed by atoms with Crippen molar-refractivity contribution < 1.29 is 0 Å². The SMILES string of the molecule is CC(C)(C)N1CCN(c2nccc(CC(C)(C)N3CCN(c4cnccn4)CC3)n2)CC1. The molecule has 0 saturated carbocycles. The summed E-state index contributed by atoms with van der Waals surface area (Å²) in [4.78, 5) is 28.0. The Bertz CT molecular complexity index is 863. The van der Waals surface area contributed by atoms with Gasteiger partial charge in [0.1, 0.15) is 5.82 Å². The number of hydrogen-bond donors (Lipinski definition) is 0. The van der Waals surface area contributed by atoms with Crippen molar-refractivity contribution in [2.45, 2.75) is 52.1 Å². The van der Waals surface area contributed by atoms with Crippen molar-refractivity contribution in [3.63, 3.8) is 0 Å². The lowest BCUT2D eigenvalue weighted by Crippen LogP contribution is -2.55. The third-order valence-corrected chi connectivity index (χ3v) is 6.83. The van der Waals surface area contributed by atoms with Crippen LogP contribution in [0.15, 0.2) is 30.9 Å². The van der Waals surface area contributed by atoms with Crippen molar-refractivity contribution in [3.8, 4) is 0 Å². The van der Waals surface area contributed by atoms with Crippen LogP contribution in [0.2, 0.25) is 0 Å². The predicted octanol–water partition coefficient (Wildman–Crippen LogP) is 2.33. The molecule has 0 unspecified atom stereocenters. The molecule has 2 fully saturated rings. The van der Waals surface area contributed by atoms with Crippen LogP contribution in [0.3, 0.4) is 0 Å². The van der Waals surface area contributed by atoms with Crippen molar-refractivity contribution in [2.75, 3.05) is 62.2 Å². The Hall–Kier alpha value is -2.32. The summed E-state index contributed by atoms with van der Waals surface area (Å²) in [6.45, 7) is 19.5. The molecule has 2 saturated heterocycles. The summed E-state index contributed by atoms with van der Waals surface area (Å²) in [6, 6.07) is 2.08. The van der Waals surface area contributed by atoms with E-state index in [0.29, 0.717) is 0 Å². The fraction of sp³-hybridized carbons (Fsp3) is 0.667. The molecular weight excluding hydrogens is 400 g/mol. The molecular formula is C24H38N8. The van der Waals surface area contributed by atoms with Gasteiger partial charge in [0.15, 0.2) is 0 Å². The summed E-state index contributed by atoms with van der Waals surface area (Å²) in [7, 11) is 0. The highest BCUT2D eigenvalue weighted by Crippen LogP contribution is 2.24. The third kappa shape index (κ3) is 5.35. The van der Waals surface area contributed by atoms with Crippen LogP contribution in [0, 0.1) is 0 Å². The molecule has 32 heavy (non-hydrogen) atoms. The van der Waals surface area contributed by atoms with Gasteiger partial charge in [-0.05, 0) is 40.7 Å². The Morgan fingerprint density at radius 1 is 0.750 bits per heavy atom.